The summed E-state index contributed by atoms with van der Waals surface area (Å²) >= 11 is 0. The second kappa shape index (κ2) is 4.34. The highest BCUT2D eigenvalue weighted by atomic mass is 16.6. The molecule has 20 heavy (non-hydrogen) atoms. The molecule has 1 amide bonds. The van der Waals surface area contributed by atoms with Crippen LogP contribution in [0.15, 0.2) is 36.7 Å². The van der Waals surface area contributed by atoms with Crippen LogP contribution >= 0.6 is 0 Å². The third-order valence-corrected chi connectivity index (χ3v) is 3.95. The summed E-state index contributed by atoms with van der Waals surface area (Å²) < 4.78 is 5.24. The summed E-state index contributed by atoms with van der Waals surface area (Å²) in [4.78, 5) is 17.8. The standard InChI is InChI=1S/C16H14N2O2/c19-16-18-6-3-11-8-14(13-2-1-5-17-10-13)9-12(15(11)18)4-7-20-16/h1-2,5,8-10H,3-4,6-7H2. The average molecular weight is 266 g/mol. The van der Waals surface area contributed by atoms with Crippen molar-refractivity contribution in [2.45, 2.75) is 12.8 Å². The van der Waals surface area contributed by atoms with Gasteiger partial charge in [0.25, 0.3) is 0 Å². The van der Waals surface area contributed by atoms with Crippen molar-refractivity contribution in [3.63, 3.8) is 0 Å². The van der Waals surface area contributed by atoms with Crippen molar-refractivity contribution in [1.82, 2.24) is 4.98 Å². The molecular weight excluding hydrogens is 252 g/mol. The first-order valence-electron chi connectivity index (χ1n) is 6.83. The van der Waals surface area contributed by atoms with Crippen molar-refractivity contribution in [1.29, 1.82) is 0 Å². The van der Waals surface area contributed by atoms with Crippen molar-refractivity contribution >= 4 is 11.8 Å². The van der Waals surface area contributed by atoms with Crippen molar-refractivity contribution < 1.29 is 9.53 Å². The Morgan fingerprint density at radius 2 is 2.00 bits per heavy atom. The summed E-state index contributed by atoms with van der Waals surface area (Å²) in [5, 5.41) is 0. The first kappa shape index (κ1) is 11.5. The maximum absolute atomic E-state index is 11.9. The van der Waals surface area contributed by atoms with E-state index in [4.69, 9.17) is 4.74 Å². The Labute approximate surface area is 117 Å². The molecule has 0 aliphatic carbocycles. The van der Waals surface area contributed by atoms with Gasteiger partial charge < -0.3 is 4.74 Å². The Bertz CT molecular complexity index is 682. The van der Waals surface area contributed by atoms with Crippen LogP contribution in [0.3, 0.4) is 0 Å². The van der Waals surface area contributed by atoms with E-state index in [1.54, 1.807) is 11.1 Å². The molecule has 1 aromatic carbocycles. The number of carbonyl (C=O) groups excluding carboxylic acids is 1. The molecule has 4 nitrogen and oxygen atoms in total. The topological polar surface area (TPSA) is 42.4 Å². The third kappa shape index (κ3) is 1.68. The quantitative estimate of drug-likeness (QED) is 0.797. The number of anilines is 1. The van der Waals surface area contributed by atoms with E-state index in [-0.39, 0.29) is 6.09 Å². The highest BCUT2D eigenvalue weighted by Crippen LogP contribution is 2.37. The molecule has 100 valence electrons. The maximum Gasteiger partial charge on any atom is 0.414 e. The predicted molar refractivity (Wildman–Crippen MR) is 75.8 cm³/mol. The van der Waals surface area contributed by atoms with Gasteiger partial charge in [-0.2, -0.15) is 0 Å². The van der Waals surface area contributed by atoms with E-state index in [2.05, 4.69) is 23.2 Å². The molecule has 0 fully saturated rings. The first-order chi connectivity index (χ1) is 9.83. The maximum atomic E-state index is 11.9. The van der Waals surface area contributed by atoms with Crippen LogP contribution in [-0.2, 0) is 17.6 Å². The van der Waals surface area contributed by atoms with Crippen molar-refractivity contribution in [2.75, 3.05) is 18.1 Å². The summed E-state index contributed by atoms with van der Waals surface area (Å²) in [5.41, 5.74) is 5.79. The van der Waals surface area contributed by atoms with Gasteiger partial charge in [-0.15, -0.1) is 0 Å². The Hall–Kier alpha value is -2.36. The molecule has 4 heteroatoms. The average Bonchev–Trinajstić information content (AvgIpc) is 2.84. The zero-order valence-electron chi connectivity index (χ0n) is 11.0. The van der Waals surface area contributed by atoms with E-state index >= 15 is 0 Å². The monoisotopic (exact) mass is 266 g/mol. The second-order valence-electron chi connectivity index (χ2n) is 5.15. The van der Waals surface area contributed by atoms with Gasteiger partial charge in [-0.25, -0.2) is 4.79 Å². The lowest BCUT2D eigenvalue weighted by Gasteiger charge is -2.16. The van der Waals surface area contributed by atoms with E-state index in [9.17, 15) is 4.79 Å². The van der Waals surface area contributed by atoms with Crippen LogP contribution in [-0.4, -0.2) is 24.2 Å². The van der Waals surface area contributed by atoms with Crippen LogP contribution in [0.2, 0.25) is 0 Å². The minimum absolute atomic E-state index is 0.211. The van der Waals surface area contributed by atoms with E-state index in [1.165, 1.54) is 16.7 Å². The molecule has 4 rings (SSSR count). The molecule has 3 heterocycles. The first-order valence-corrected chi connectivity index (χ1v) is 6.83. The Morgan fingerprint density at radius 1 is 1.15 bits per heavy atom. The normalized spacial score (nSPS) is 16.6. The zero-order valence-corrected chi connectivity index (χ0v) is 11.0. The van der Waals surface area contributed by atoms with Crippen LogP contribution in [0.5, 0.6) is 0 Å². The van der Waals surface area contributed by atoms with Crippen LogP contribution in [0.4, 0.5) is 10.5 Å². The number of ether oxygens (including phenoxy) is 1. The highest BCUT2D eigenvalue weighted by molar-refractivity contribution is 5.93. The number of benzene rings is 1. The summed E-state index contributed by atoms with van der Waals surface area (Å²) in [6.45, 7) is 1.18. The van der Waals surface area contributed by atoms with Crippen LogP contribution in [0.25, 0.3) is 11.1 Å². The molecule has 0 N–H and O–H groups in total. The van der Waals surface area contributed by atoms with Crippen LogP contribution in [0, 0.1) is 0 Å². The number of amides is 1. The number of carbonyl (C=O) groups is 1. The van der Waals surface area contributed by atoms with Gasteiger partial charge in [-0.1, -0.05) is 6.07 Å². The van der Waals surface area contributed by atoms with Crippen molar-refractivity contribution in [3.05, 3.63) is 47.8 Å². The van der Waals surface area contributed by atoms with Gasteiger partial charge in [0, 0.05) is 30.9 Å². The van der Waals surface area contributed by atoms with Gasteiger partial charge in [0.2, 0.25) is 0 Å². The fraction of sp³-hybridized carbons (Fsp3) is 0.250. The number of nitrogens with zero attached hydrogens (tertiary/aromatic N) is 2. The van der Waals surface area contributed by atoms with E-state index in [0.29, 0.717) is 6.61 Å². The third-order valence-electron chi connectivity index (χ3n) is 3.95. The lowest BCUT2D eigenvalue weighted by atomic mass is 9.97. The van der Waals surface area contributed by atoms with Crippen molar-refractivity contribution in [3.8, 4) is 11.1 Å². The van der Waals surface area contributed by atoms with Gasteiger partial charge in [-0.05, 0) is 41.3 Å². The lowest BCUT2D eigenvalue weighted by molar-refractivity contribution is 0.158. The predicted octanol–water partition coefficient (Wildman–Crippen LogP) is 2.80. The Morgan fingerprint density at radius 3 is 2.80 bits per heavy atom. The largest absolute Gasteiger partial charge is 0.449 e. The Kier molecular flexibility index (Phi) is 2.49. The fourth-order valence-corrected chi connectivity index (χ4v) is 3.04. The minimum atomic E-state index is -0.211. The van der Waals surface area contributed by atoms with E-state index in [0.717, 1.165) is 30.6 Å². The van der Waals surface area contributed by atoms with Gasteiger partial charge in [0.05, 0.1) is 12.3 Å². The molecular formula is C16H14N2O2. The van der Waals surface area contributed by atoms with Crippen LogP contribution in [0.1, 0.15) is 11.1 Å². The summed E-state index contributed by atoms with van der Waals surface area (Å²) in [6, 6.07) is 8.34. The Balaban J connectivity index is 1.88. The highest BCUT2D eigenvalue weighted by Gasteiger charge is 2.31. The number of cyclic esters (lactones) is 1. The van der Waals surface area contributed by atoms with Gasteiger partial charge in [0.15, 0.2) is 0 Å². The minimum Gasteiger partial charge on any atom is -0.449 e. The zero-order chi connectivity index (χ0) is 13.5. The SMILES string of the molecule is O=C1OCCc2cc(-c3cccnc3)cc3c2N1CC3. The second-order valence-corrected chi connectivity index (χ2v) is 5.15. The number of pyridine rings is 1. The molecule has 0 spiro atoms. The summed E-state index contributed by atoms with van der Waals surface area (Å²) in [5.74, 6) is 0. The molecule has 2 aliphatic heterocycles. The van der Waals surface area contributed by atoms with Gasteiger partial charge in [0.1, 0.15) is 0 Å². The molecule has 0 saturated carbocycles. The molecule has 0 unspecified atom stereocenters. The molecule has 2 aliphatic rings. The van der Waals surface area contributed by atoms with E-state index in [1.807, 2.05) is 12.3 Å². The number of hydrogen-bond donors (Lipinski definition) is 0. The van der Waals surface area contributed by atoms with Gasteiger partial charge in [-0.3, -0.25) is 9.88 Å². The number of rotatable bonds is 1. The molecule has 0 saturated heterocycles. The number of hydrogen-bond acceptors (Lipinski definition) is 3. The van der Waals surface area contributed by atoms with Crippen LogP contribution < -0.4 is 4.90 Å². The summed E-state index contributed by atoms with van der Waals surface area (Å²) in [6.07, 6.45) is 5.11. The lowest BCUT2D eigenvalue weighted by Crippen LogP contribution is -2.28. The number of aromatic nitrogens is 1. The fourth-order valence-electron chi connectivity index (χ4n) is 3.04. The van der Waals surface area contributed by atoms with E-state index < -0.39 is 0 Å². The summed E-state index contributed by atoms with van der Waals surface area (Å²) in [7, 11) is 0. The molecule has 2 aromatic rings. The smallest absolute Gasteiger partial charge is 0.414 e. The van der Waals surface area contributed by atoms with Crippen molar-refractivity contribution in [2.24, 2.45) is 0 Å². The molecule has 0 radical (unpaired) electrons. The molecule has 0 bridgehead atoms. The molecule has 1 aromatic heterocycles. The van der Waals surface area contributed by atoms with Gasteiger partial charge >= 0.3 is 6.09 Å². The molecule has 0 atom stereocenters.